The van der Waals surface area contributed by atoms with E-state index in [1.54, 1.807) is 36.4 Å². The summed E-state index contributed by atoms with van der Waals surface area (Å²) >= 11 is 0. The van der Waals surface area contributed by atoms with E-state index in [4.69, 9.17) is 0 Å². The minimum absolute atomic E-state index is 0.0120. The lowest BCUT2D eigenvalue weighted by Gasteiger charge is -2.18. The lowest BCUT2D eigenvalue weighted by molar-refractivity contribution is -0.122. The van der Waals surface area contributed by atoms with Crippen LogP contribution >= 0.6 is 0 Å². The molecule has 0 radical (unpaired) electrons. The fourth-order valence-corrected chi connectivity index (χ4v) is 3.20. The number of nitrogens with zero attached hydrogens (tertiary/aromatic N) is 1. The third-order valence-corrected chi connectivity index (χ3v) is 4.74. The van der Waals surface area contributed by atoms with Crippen molar-refractivity contribution in [2.24, 2.45) is 11.8 Å². The summed E-state index contributed by atoms with van der Waals surface area (Å²) in [5.41, 5.74) is 0.911. The molecule has 1 fully saturated rings. The summed E-state index contributed by atoms with van der Waals surface area (Å²) in [6.45, 7) is 4.60. The van der Waals surface area contributed by atoms with E-state index in [0.717, 1.165) is 0 Å². The Morgan fingerprint density at radius 2 is 1.83 bits per heavy atom. The van der Waals surface area contributed by atoms with Gasteiger partial charge in [-0.15, -0.1) is 0 Å². The molecule has 152 valence electrons. The van der Waals surface area contributed by atoms with Crippen LogP contribution in [0, 0.1) is 17.7 Å². The Bertz CT molecular complexity index is 929. The normalized spacial score (nSPS) is 16.2. The van der Waals surface area contributed by atoms with Crippen molar-refractivity contribution in [3.05, 3.63) is 59.9 Å². The Balaban J connectivity index is 1.71. The maximum absolute atomic E-state index is 14.0. The topological polar surface area (TPSA) is 78.5 Å². The third kappa shape index (κ3) is 4.80. The van der Waals surface area contributed by atoms with Crippen molar-refractivity contribution in [3.8, 4) is 0 Å². The first-order valence-corrected chi connectivity index (χ1v) is 9.59. The minimum Gasteiger partial charge on any atom is -0.352 e. The van der Waals surface area contributed by atoms with Crippen LogP contribution in [0.5, 0.6) is 0 Å². The van der Waals surface area contributed by atoms with Gasteiger partial charge in [0.15, 0.2) is 0 Å². The van der Waals surface area contributed by atoms with Crippen molar-refractivity contribution in [2.45, 2.75) is 20.3 Å². The number of halogens is 1. The van der Waals surface area contributed by atoms with Gasteiger partial charge in [0, 0.05) is 19.5 Å². The van der Waals surface area contributed by atoms with Gasteiger partial charge in [-0.1, -0.05) is 38.1 Å². The third-order valence-electron chi connectivity index (χ3n) is 4.74. The molecular weight excluding hydrogens is 373 g/mol. The molecule has 0 aromatic heterocycles. The van der Waals surface area contributed by atoms with Crippen molar-refractivity contribution in [1.82, 2.24) is 5.32 Å². The molecule has 0 saturated carbocycles. The fraction of sp³-hybridized carbons (Fsp3) is 0.318. The molecule has 2 N–H and O–H groups in total. The Labute approximate surface area is 169 Å². The van der Waals surface area contributed by atoms with Gasteiger partial charge in [0.1, 0.15) is 5.82 Å². The number of hydrogen-bond donors (Lipinski definition) is 2. The van der Waals surface area contributed by atoms with Gasteiger partial charge in [0.25, 0.3) is 5.91 Å². The maximum Gasteiger partial charge on any atom is 0.253 e. The lowest BCUT2D eigenvalue weighted by Crippen LogP contribution is -2.30. The van der Waals surface area contributed by atoms with Crippen LogP contribution in [0.25, 0.3) is 0 Å². The SMILES string of the molecule is CC(C)CNC(=O)c1ccccc1NC(=O)[C@H]1CC(=O)N(c2ccccc2F)C1. The highest BCUT2D eigenvalue weighted by Gasteiger charge is 2.36. The van der Waals surface area contributed by atoms with E-state index < -0.39 is 11.7 Å². The summed E-state index contributed by atoms with van der Waals surface area (Å²) in [6.07, 6.45) is -0.0120. The van der Waals surface area contributed by atoms with Crippen LogP contribution in [0.3, 0.4) is 0 Å². The molecule has 1 aliphatic heterocycles. The lowest BCUT2D eigenvalue weighted by atomic mass is 10.1. The predicted octanol–water partition coefficient (Wildman–Crippen LogP) is 3.20. The molecule has 1 saturated heterocycles. The molecule has 29 heavy (non-hydrogen) atoms. The molecule has 1 atom stereocenters. The molecule has 3 rings (SSSR count). The van der Waals surface area contributed by atoms with Gasteiger partial charge in [0.05, 0.1) is 22.9 Å². The number of benzene rings is 2. The van der Waals surface area contributed by atoms with Gasteiger partial charge in [-0.25, -0.2) is 4.39 Å². The van der Waals surface area contributed by atoms with Crippen LogP contribution in [0.15, 0.2) is 48.5 Å². The average molecular weight is 397 g/mol. The van der Waals surface area contributed by atoms with Crippen molar-refractivity contribution in [1.29, 1.82) is 0 Å². The number of carbonyl (C=O) groups excluding carboxylic acids is 3. The molecule has 0 aliphatic carbocycles. The maximum atomic E-state index is 14.0. The highest BCUT2D eigenvalue weighted by molar-refractivity contribution is 6.07. The second-order valence-electron chi connectivity index (χ2n) is 7.50. The Hall–Kier alpha value is -3.22. The Kier molecular flexibility index (Phi) is 6.26. The number of nitrogens with one attached hydrogen (secondary N) is 2. The van der Waals surface area contributed by atoms with Gasteiger partial charge in [-0.3, -0.25) is 14.4 Å². The van der Waals surface area contributed by atoms with Crippen molar-refractivity contribution in [2.75, 3.05) is 23.3 Å². The summed E-state index contributed by atoms with van der Waals surface area (Å²) in [6, 6.07) is 12.7. The van der Waals surface area contributed by atoms with E-state index in [1.807, 2.05) is 13.8 Å². The zero-order valence-electron chi connectivity index (χ0n) is 16.4. The second-order valence-corrected chi connectivity index (χ2v) is 7.50. The molecule has 1 aliphatic rings. The van der Waals surface area contributed by atoms with Crippen molar-refractivity contribution < 1.29 is 18.8 Å². The predicted molar refractivity (Wildman–Crippen MR) is 109 cm³/mol. The van der Waals surface area contributed by atoms with Crippen LogP contribution in [0.2, 0.25) is 0 Å². The zero-order valence-corrected chi connectivity index (χ0v) is 16.4. The van der Waals surface area contributed by atoms with E-state index in [0.29, 0.717) is 23.7 Å². The van der Waals surface area contributed by atoms with Gasteiger partial charge >= 0.3 is 0 Å². The van der Waals surface area contributed by atoms with Crippen molar-refractivity contribution >= 4 is 29.1 Å². The Morgan fingerprint density at radius 1 is 1.14 bits per heavy atom. The largest absolute Gasteiger partial charge is 0.352 e. The first kappa shape index (κ1) is 20.5. The standard InChI is InChI=1S/C22H24FN3O3/c1-14(2)12-24-22(29)16-7-3-5-9-18(16)25-21(28)15-11-20(27)26(13-15)19-10-6-4-8-17(19)23/h3-10,14-15H,11-13H2,1-2H3,(H,24,29)(H,25,28)/t15-/m0/s1. The summed E-state index contributed by atoms with van der Waals surface area (Å²) < 4.78 is 14.0. The minimum atomic E-state index is -0.631. The molecule has 2 aromatic rings. The first-order chi connectivity index (χ1) is 13.9. The van der Waals surface area contributed by atoms with Crippen LogP contribution in [-0.2, 0) is 9.59 Å². The highest BCUT2D eigenvalue weighted by atomic mass is 19.1. The molecule has 0 unspecified atom stereocenters. The quantitative estimate of drug-likeness (QED) is 0.786. The summed E-state index contributed by atoms with van der Waals surface area (Å²) in [5.74, 6) is -1.79. The number of rotatable bonds is 6. The number of amides is 3. The number of anilines is 2. The van der Waals surface area contributed by atoms with Gasteiger partial charge in [-0.05, 0) is 30.2 Å². The molecular formula is C22H24FN3O3. The molecule has 2 aromatic carbocycles. The number of carbonyl (C=O) groups is 3. The van der Waals surface area contributed by atoms with Crippen LogP contribution < -0.4 is 15.5 Å². The summed E-state index contributed by atoms with van der Waals surface area (Å²) in [7, 11) is 0. The van der Waals surface area contributed by atoms with Gasteiger partial charge in [0.2, 0.25) is 11.8 Å². The summed E-state index contributed by atoms with van der Waals surface area (Å²) in [4.78, 5) is 38.8. The fourth-order valence-electron chi connectivity index (χ4n) is 3.20. The van der Waals surface area contributed by atoms with E-state index in [1.165, 1.54) is 17.0 Å². The van der Waals surface area contributed by atoms with E-state index in [9.17, 15) is 18.8 Å². The molecule has 0 spiro atoms. The van der Waals surface area contributed by atoms with Crippen LogP contribution in [0.4, 0.5) is 15.8 Å². The molecule has 3 amide bonds. The smallest absolute Gasteiger partial charge is 0.253 e. The van der Waals surface area contributed by atoms with Crippen LogP contribution in [0.1, 0.15) is 30.6 Å². The van der Waals surface area contributed by atoms with Crippen LogP contribution in [-0.4, -0.2) is 30.8 Å². The van der Waals surface area contributed by atoms with Gasteiger partial charge < -0.3 is 15.5 Å². The van der Waals surface area contributed by atoms with E-state index >= 15 is 0 Å². The summed E-state index contributed by atoms with van der Waals surface area (Å²) in [5, 5.41) is 5.58. The monoisotopic (exact) mass is 397 g/mol. The zero-order chi connectivity index (χ0) is 21.0. The molecule has 1 heterocycles. The average Bonchev–Trinajstić information content (AvgIpc) is 3.08. The number of para-hydroxylation sites is 2. The van der Waals surface area contributed by atoms with E-state index in [2.05, 4.69) is 10.6 Å². The van der Waals surface area contributed by atoms with E-state index in [-0.39, 0.29) is 36.4 Å². The molecule has 7 heteroatoms. The molecule has 6 nitrogen and oxygen atoms in total. The van der Waals surface area contributed by atoms with Gasteiger partial charge in [-0.2, -0.15) is 0 Å². The molecule has 0 bridgehead atoms. The number of hydrogen-bond acceptors (Lipinski definition) is 3. The first-order valence-electron chi connectivity index (χ1n) is 9.59. The Morgan fingerprint density at radius 3 is 2.55 bits per heavy atom. The highest BCUT2D eigenvalue weighted by Crippen LogP contribution is 2.28. The van der Waals surface area contributed by atoms with Crippen molar-refractivity contribution in [3.63, 3.8) is 0 Å². The second kappa shape index (κ2) is 8.86.